The highest BCUT2D eigenvalue weighted by Crippen LogP contribution is 2.25. The van der Waals surface area contributed by atoms with Crippen LogP contribution in [0.3, 0.4) is 0 Å². The summed E-state index contributed by atoms with van der Waals surface area (Å²) in [4.78, 5) is 14.8. The number of benzene rings is 1. The molecule has 0 atom stereocenters. The number of hydrogen-bond donors (Lipinski definition) is 0. The van der Waals surface area contributed by atoms with E-state index in [2.05, 4.69) is 16.9 Å². The van der Waals surface area contributed by atoms with E-state index in [1.165, 1.54) is 12.8 Å². The molecular formula is C19H25N3O2. The first-order valence-corrected chi connectivity index (χ1v) is 8.48. The molecule has 1 aliphatic rings. The van der Waals surface area contributed by atoms with Gasteiger partial charge in [0.05, 0.1) is 25.0 Å². The van der Waals surface area contributed by atoms with Crippen LogP contribution in [0.1, 0.15) is 35.2 Å². The van der Waals surface area contributed by atoms with Crippen LogP contribution < -0.4 is 15.2 Å². The largest absolute Gasteiger partial charge is 0.496 e. The lowest BCUT2D eigenvalue weighted by atomic mass is 10.0. The Kier molecular flexibility index (Phi) is 4.60. The summed E-state index contributed by atoms with van der Waals surface area (Å²) in [5.41, 5.74) is 5.14. The molecule has 2 aromatic rings. The summed E-state index contributed by atoms with van der Waals surface area (Å²) in [5, 5.41) is 4.57. The fourth-order valence-corrected chi connectivity index (χ4v) is 3.45. The summed E-state index contributed by atoms with van der Waals surface area (Å²) >= 11 is 0. The first-order valence-electron chi connectivity index (χ1n) is 8.48. The van der Waals surface area contributed by atoms with Gasteiger partial charge in [0.2, 0.25) is 0 Å². The molecule has 1 fully saturated rings. The van der Waals surface area contributed by atoms with Crippen molar-refractivity contribution in [3.8, 4) is 5.75 Å². The monoisotopic (exact) mass is 327 g/mol. The number of aromatic nitrogens is 2. The number of aryl methyl sites for hydroxylation is 2. The van der Waals surface area contributed by atoms with Crippen LogP contribution in [0.5, 0.6) is 5.75 Å². The Morgan fingerprint density at radius 2 is 1.88 bits per heavy atom. The lowest BCUT2D eigenvalue weighted by Crippen LogP contribution is -2.28. The van der Waals surface area contributed by atoms with E-state index >= 15 is 0 Å². The van der Waals surface area contributed by atoms with Crippen LogP contribution in [-0.4, -0.2) is 30.0 Å². The predicted molar refractivity (Wildman–Crippen MR) is 96.3 cm³/mol. The van der Waals surface area contributed by atoms with Gasteiger partial charge in [0.1, 0.15) is 5.75 Å². The summed E-state index contributed by atoms with van der Waals surface area (Å²) in [6.45, 7) is 8.56. The number of hydrogen-bond acceptors (Lipinski definition) is 4. The third kappa shape index (κ3) is 3.03. The summed E-state index contributed by atoms with van der Waals surface area (Å²) in [5.74, 6) is 0.842. The Hall–Kier alpha value is -2.30. The molecule has 0 aliphatic carbocycles. The van der Waals surface area contributed by atoms with Crippen LogP contribution in [0.4, 0.5) is 5.69 Å². The van der Waals surface area contributed by atoms with Gasteiger partial charge >= 0.3 is 0 Å². The second-order valence-electron chi connectivity index (χ2n) is 6.49. The van der Waals surface area contributed by atoms with Gasteiger partial charge in [-0.15, -0.1) is 0 Å². The third-order valence-corrected chi connectivity index (χ3v) is 4.91. The third-order valence-electron chi connectivity index (χ3n) is 4.91. The maximum atomic E-state index is 12.6. The van der Waals surface area contributed by atoms with Crippen molar-refractivity contribution in [2.45, 2.75) is 40.2 Å². The van der Waals surface area contributed by atoms with E-state index in [4.69, 9.17) is 4.74 Å². The summed E-state index contributed by atoms with van der Waals surface area (Å²) < 4.78 is 6.96. The van der Waals surface area contributed by atoms with Crippen LogP contribution >= 0.6 is 0 Å². The lowest BCUT2D eigenvalue weighted by Gasteiger charge is -2.20. The minimum atomic E-state index is -0.0517. The highest BCUT2D eigenvalue weighted by Gasteiger charge is 2.17. The second-order valence-corrected chi connectivity index (χ2v) is 6.49. The Morgan fingerprint density at radius 1 is 1.17 bits per heavy atom. The molecule has 1 aromatic heterocycles. The van der Waals surface area contributed by atoms with Gasteiger partial charge in [0, 0.05) is 19.2 Å². The van der Waals surface area contributed by atoms with E-state index in [1.54, 1.807) is 17.9 Å². The molecule has 128 valence electrons. The minimum Gasteiger partial charge on any atom is -0.496 e. The van der Waals surface area contributed by atoms with Crippen molar-refractivity contribution in [1.82, 2.24) is 9.78 Å². The van der Waals surface area contributed by atoms with Gasteiger partial charge < -0.3 is 9.64 Å². The van der Waals surface area contributed by atoms with Gasteiger partial charge in [0.15, 0.2) is 0 Å². The normalized spacial score (nSPS) is 14.2. The molecule has 3 rings (SSSR count). The molecule has 1 saturated heterocycles. The standard InChI is InChI=1S/C19H25N3O2/c1-13-7-8-18(24-4)14(2)16(13)12-22-19(23)11-17(15(3)20-22)21-9-5-6-10-21/h7-8,11H,5-6,9-10,12H2,1-4H3. The molecule has 1 aromatic carbocycles. The van der Waals surface area contributed by atoms with E-state index in [0.717, 1.165) is 46.9 Å². The molecular weight excluding hydrogens is 302 g/mol. The molecule has 5 heteroatoms. The van der Waals surface area contributed by atoms with E-state index in [9.17, 15) is 4.79 Å². The SMILES string of the molecule is COc1ccc(C)c(Cn2nc(C)c(N3CCCC3)cc2=O)c1C. The van der Waals surface area contributed by atoms with Crippen LogP contribution in [0, 0.1) is 20.8 Å². The average molecular weight is 327 g/mol. The molecule has 0 spiro atoms. The van der Waals surface area contributed by atoms with Gasteiger partial charge in [-0.25, -0.2) is 4.68 Å². The molecule has 0 N–H and O–H groups in total. The van der Waals surface area contributed by atoms with Crippen molar-refractivity contribution in [3.63, 3.8) is 0 Å². The van der Waals surface area contributed by atoms with E-state index < -0.39 is 0 Å². The zero-order valence-electron chi connectivity index (χ0n) is 14.9. The van der Waals surface area contributed by atoms with Crippen LogP contribution in [0.15, 0.2) is 23.0 Å². The van der Waals surface area contributed by atoms with Crippen LogP contribution in [0.2, 0.25) is 0 Å². The lowest BCUT2D eigenvalue weighted by molar-refractivity contribution is 0.410. The van der Waals surface area contributed by atoms with E-state index in [1.807, 2.05) is 26.0 Å². The topological polar surface area (TPSA) is 47.4 Å². The molecule has 0 saturated carbocycles. The molecule has 1 aliphatic heterocycles. The summed E-state index contributed by atoms with van der Waals surface area (Å²) in [7, 11) is 1.67. The van der Waals surface area contributed by atoms with Gasteiger partial charge in [-0.05, 0) is 56.4 Å². The van der Waals surface area contributed by atoms with Crippen molar-refractivity contribution in [2.24, 2.45) is 0 Å². The zero-order valence-corrected chi connectivity index (χ0v) is 14.9. The van der Waals surface area contributed by atoms with E-state index in [-0.39, 0.29) is 5.56 Å². The Labute approximate surface area is 142 Å². The molecule has 0 bridgehead atoms. The summed E-state index contributed by atoms with van der Waals surface area (Å²) in [6, 6.07) is 5.72. The number of nitrogens with zero attached hydrogens (tertiary/aromatic N) is 3. The highest BCUT2D eigenvalue weighted by atomic mass is 16.5. The van der Waals surface area contributed by atoms with E-state index in [0.29, 0.717) is 6.54 Å². The van der Waals surface area contributed by atoms with Gasteiger partial charge in [0.25, 0.3) is 5.56 Å². The molecule has 0 amide bonds. The molecule has 0 unspecified atom stereocenters. The smallest absolute Gasteiger partial charge is 0.269 e. The number of rotatable bonds is 4. The maximum Gasteiger partial charge on any atom is 0.269 e. The van der Waals surface area contributed by atoms with Crippen LogP contribution in [0.25, 0.3) is 0 Å². The van der Waals surface area contributed by atoms with Gasteiger partial charge in [-0.2, -0.15) is 5.10 Å². The first-order chi connectivity index (χ1) is 11.5. The highest BCUT2D eigenvalue weighted by molar-refractivity contribution is 5.50. The fraction of sp³-hybridized carbons (Fsp3) is 0.474. The predicted octanol–water partition coefficient (Wildman–Crippen LogP) is 2.83. The number of anilines is 1. The molecule has 0 radical (unpaired) electrons. The molecule has 5 nitrogen and oxygen atoms in total. The van der Waals surface area contributed by atoms with Crippen molar-refractivity contribution in [1.29, 1.82) is 0 Å². The minimum absolute atomic E-state index is 0.0517. The summed E-state index contributed by atoms with van der Waals surface area (Å²) in [6.07, 6.45) is 2.37. The van der Waals surface area contributed by atoms with Crippen molar-refractivity contribution in [2.75, 3.05) is 25.1 Å². The fourth-order valence-electron chi connectivity index (χ4n) is 3.45. The van der Waals surface area contributed by atoms with Gasteiger partial charge in [-0.3, -0.25) is 4.79 Å². The Balaban J connectivity index is 1.97. The Bertz CT molecular complexity index is 805. The molecule has 2 heterocycles. The number of methoxy groups -OCH3 is 1. The maximum absolute atomic E-state index is 12.6. The zero-order chi connectivity index (χ0) is 17.3. The van der Waals surface area contributed by atoms with Crippen molar-refractivity contribution < 1.29 is 4.74 Å². The van der Waals surface area contributed by atoms with Crippen molar-refractivity contribution in [3.05, 3.63) is 50.9 Å². The average Bonchev–Trinajstić information content (AvgIpc) is 3.08. The second kappa shape index (κ2) is 6.67. The Morgan fingerprint density at radius 3 is 2.54 bits per heavy atom. The quantitative estimate of drug-likeness (QED) is 0.866. The van der Waals surface area contributed by atoms with Gasteiger partial charge in [-0.1, -0.05) is 6.07 Å². The first kappa shape index (κ1) is 16.6. The molecule has 24 heavy (non-hydrogen) atoms. The van der Waals surface area contributed by atoms with Crippen LogP contribution in [-0.2, 0) is 6.54 Å². The number of ether oxygens (including phenoxy) is 1. The van der Waals surface area contributed by atoms with Crippen molar-refractivity contribution >= 4 is 5.69 Å².